The molecule has 5 rings (SSSR count). The summed E-state index contributed by atoms with van der Waals surface area (Å²) in [7, 11) is 0. The monoisotopic (exact) mass is 418 g/mol. The lowest BCUT2D eigenvalue weighted by molar-refractivity contribution is 0.0942. The van der Waals surface area contributed by atoms with E-state index in [-0.39, 0.29) is 11.7 Å². The van der Waals surface area contributed by atoms with Crippen molar-refractivity contribution in [2.75, 3.05) is 24.5 Å². The Balaban J connectivity index is 1.26. The molecule has 6 heteroatoms. The van der Waals surface area contributed by atoms with E-state index in [0.717, 1.165) is 61.4 Å². The van der Waals surface area contributed by atoms with Gasteiger partial charge in [-0.15, -0.1) is 0 Å². The highest BCUT2D eigenvalue weighted by Gasteiger charge is 2.28. The Morgan fingerprint density at radius 3 is 2.61 bits per heavy atom. The standard InChI is InChI=1S/C25H27FN4O/c1-17-5-9-21(10-6-17)30-23-4-2-3-22(23)24(28-30)25(31)27-15-18-13-14-29(16-18)20-11-7-19(26)8-12-20/h5-12,18H,2-4,13-16H2,1H3,(H,27,31). The summed E-state index contributed by atoms with van der Waals surface area (Å²) in [5.74, 6) is 0.0786. The molecular weight excluding hydrogens is 391 g/mol. The van der Waals surface area contributed by atoms with Crippen LogP contribution in [0.15, 0.2) is 48.5 Å². The Bertz CT molecular complexity index is 1090. The number of halogens is 1. The fourth-order valence-corrected chi connectivity index (χ4v) is 4.73. The summed E-state index contributed by atoms with van der Waals surface area (Å²) in [6.45, 7) is 4.48. The number of hydrogen-bond acceptors (Lipinski definition) is 3. The summed E-state index contributed by atoms with van der Waals surface area (Å²) in [5, 5.41) is 7.83. The highest BCUT2D eigenvalue weighted by molar-refractivity contribution is 5.94. The van der Waals surface area contributed by atoms with Gasteiger partial charge in [0.25, 0.3) is 5.91 Å². The first kappa shape index (κ1) is 19.8. The average molecular weight is 419 g/mol. The van der Waals surface area contributed by atoms with Crippen molar-refractivity contribution in [3.05, 3.63) is 76.9 Å². The van der Waals surface area contributed by atoms with Crippen molar-refractivity contribution in [1.82, 2.24) is 15.1 Å². The molecule has 160 valence electrons. The summed E-state index contributed by atoms with van der Waals surface area (Å²) >= 11 is 0. The molecule has 1 unspecified atom stereocenters. The second-order valence-electron chi connectivity index (χ2n) is 8.66. The van der Waals surface area contributed by atoms with Crippen molar-refractivity contribution >= 4 is 11.6 Å². The zero-order chi connectivity index (χ0) is 21.4. The number of amides is 1. The number of hydrogen-bond donors (Lipinski definition) is 1. The van der Waals surface area contributed by atoms with Gasteiger partial charge in [-0.25, -0.2) is 9.07 Å². The molecule has 0 saturated carbocycles. The Hall–Kier alpha value is -3.15. The van der Waals surface area contributed by atoms with Crippen LogP contribution in [-0.4, -0.2) is 35.3 Å². The van der Waals surface area contributed by atoms with Crippen molar-refractivity contribution in [1.29, 1.82) is 0 Å². The van der Waals surface area contributed by atoms with Gasteiger partial charge in [0.2, 0.25) is 0 Å². The van der Waals surface area contributed by atoms with E-state index in [0.29, 0.717) is 18.2 Å². The van der Waals surface area contributed by atoms with E-state index in [2.05, 4.69) is 41.4 Å². The molecule has 2 heterocycles. The van der Waals surface area contributed by atoms with E-state index >= 15 is 0 Å². The van der Waals surface area contributed by atoms with Crippen molar-refractivity contribution in [2.45, 2.75) is 32.6 Å². The van der Waals surface area contributed by atoms with Crippen molar-refractivity contribution in [3.63, 3.8) is 0 Å². The van der Waals surface area contributed by atoms with Crippen LogP contribution in [0.1, 0.15) is 40.2 Å². The third-order valence-corrected chi connectivity index (χ3v) is 6.45. The molecule has 2 aliphatic rings. The predicted octanol–water partition coefficient (Wildman–Crippen LogP) is 4.06. The Labute approximate surface area is 181 Å². The number of benzene rings is 2. The van der Waals surface area contributed by atoms with E-state index in [4.69, 9.17) is 5.10 Å². The van der Waals surface area contributed by atoms with E-state index in [1.165, 1.54) is 17.7 Å². The molecule has 0 radical (unpaired) electrons. The zero-order valence-electron chi connectivity index (χ0n) is 17.8. The van der Waals surface area contributed by atoms with Gasteiger partial charge in [0, 0.05) is 36.6 Å². The number of fused-ring (bicyclic) bond motifs is 1. The largest absolute Gasteiger partial charge is 0.371 e. The molecule has 1 aromatic heterocycles. The predicted molar refractivity (Wildman–Crippen MR) is 119 cm³/mol. The van der Waals surface area contributed by atoms with Crippen LogP contribution in [0, 0.1) is 18.7 Å². The van der Waals surface area contributed by atoms with Crippen LogP contribution in [0.5, 0.6) is 0 Å². The molecule has 2 aromatic carbocycles. The van der Waals surface area contributed by atoms with Crippen LogP contribution in [-0.2, 0) is 12.8 Å². The highest BCUT2D eigenvalue weighted by Crippen LogP contribution is 2.28. The van der Waals surface area contributed by atoms with E-state index < -0.39 is 0 Å². The van der Waals surface area contributed by atoms with E-state index in [1.807, 2.05) is 16.8 Å². The highest BCUT2D eigenvalue weighted by atomic mass is 19.1. The fourth-order valence-electron chi connectivity index (χ4n) is 4.73. The van der Waals surface area contributed by atoms with Crippen LogP contribution in [0.25, 0.3) is 5.69 Å². The molecule has 1 N–H and O–H groups in total. The molecule has 0 spiro atoms. The minimum absolute atomic E-state index is 0.0794. The van der Waals surface area contributed by atoms with Crippen LogP contribution in [0.3, 0.4) is 0 Å². The zero-order valence-corrected chi connectivity index (χ0v) is 17.8. The second kappa shape index (κ2) is 8.17. The molecule has 1 amide bonds. The van der Waals surface area contributed by atoms with Crippen LogP contribution in [0.4, 0.5) is 10.1 Å². The lowest BCUT2D eigenvalue weighted by atomic mass is 10.1. The number of rotatable bonds is 5. The summed E-state index contributed by atoms with van der Waals surface area (Å²) < 4.78 is 15.1. The van der Waals surface area contributed by atoms with Crippen molar-refractivity contribution < 1.29 is 9.18 Å². The smallest absolute Gasteiger partial charge is 0.272 e. The van der Waals surface area contributed by atoms with Gasteiger partial charge in [-0.3, -0.25) is 4.79 Å². The van der Waals surface area contributed by atoms with Crippen molar-refractivity contribution in [2.24, 2.45) is 5.92 Å². The summed E-state index contributed by atoms with van der Waals surface area (Å²) in [4.78, 5) is 15.3. The van der Waals surface area contributed by atoms with Crippen LogP contribution >= 0.6 is 0 Å². The molecule has 5 nitrogen and oxygen atoms in total. The summed E-state index contributed by atoms with van der Waals surface area (Å²) in [6.07, 6.45) is 3.94. The maximum atomic E-state index is 13.2. The summed E-state index contributed by atoms with van der Waals surface area (Å²) in [6, 6.07) is 14.9. The third kappa shape index (κ3) is 3.94. The number of aryl methyl sites for hydroxylation is 1. The second-order valence-corrected chi connectivity index (χ2v) is 8.66. The third-order valence-electron chi connectivity index (χ3n) is 6.45. The molecule has 31 heavy (non-hydrogen) atoms. The lowest BCUT2D eigenvalue weighted by Gasteiger charge is -2.18. The maximum absolute atomic E-state index is 13.2. The van der Waals surface area contributed by atoms with Crippen LogP contribution < -0.4 is 10.2 Å². The summed E-state index contributed by atoms with van der Waals surface area (Å²) in [5.41, 5.74) is 6.08. The number of aromatic nitrogens is 2. The molecule has 1 aliphatic carbocycles. The Kier molecular flexibility index (Phi) is 5.22. The Morgan fingerprint density at radius 2 is 1.84 bits per heavy atom. The molecular formula is C25H27FN4O. The van der Waals surface area contributed by atoms with Crippen molar-refractivity contribution in [3.8, 4) is 5.69 Å². The molecule has 1 aliphatic heterocycles. The molecule has 0 bridgehead atoms. The van der Waals surface area contributed by atoms with Gasteiger partial charge in [-0.2, -0.15) is 5.10 Å². The average Bonchev–Trinajstić information content (AvgIpc) is 3.50. The normalized spacial score (nSPS) is 17.7. The molecule has 1 atom stereocenters. The number of carbonyl (C=O) groups is 1. The number of nitrogens with one attached hydrogen (secondary N) is 1. The number of carbonyl (C=O) groups excluding carboxylic acids is 1. The van der Waals surface area contributed by atoms with E-state index in [1.54, 1.807) is 0 Å². The van der Waals surface area contributed by atoms with Gasteiger partial charge >= 0.3 is 0 Å². The molecule has 1 saturated heterocycles. The van der Waals surface area contributed by atoms with Gasteiger partial charge in [0.1, 0.15) is 5.82 Å². The first-order chi connectivity index (χ1) is 15.1. The quantitative estimate of drug-likeness (QED) is 0.680. The van der Waals surface area contributed by atoms with Crippen LogP contribution in [0.2, 0.25) is 0 Å². The molecule has 1 fully saturated rings. The van der Waals surface area contributed by atoms with E-state index in [9.17, 15) is 9.18 Å². The number of anilines is 1. The lowest BCUT2D eigenvalue weighted by Crippen LogP contribution is -2.31. The first-order valence-corrected chi connectivity index (χ1v) is 11.0. The van der Waals surface area contributed by atoms with Gasteiger partial charge in [-0.05, 0) is 74.9 Å². The molecule has 3 aromatic rings. The topological polar surface area (TPSA) is 50.2 Å². The first-order valence-electron chi connectivity index (χ1n) is 11.0. The van der Waals surface area contributed by atoms with Gasteiger partial charge < -0.3 is 10.2 Å². The van der Waals surface area contributed by atoms with Gasteiger partial charge in [0.15, 0.2) is 5.69 Å². The maximum Gasteiger partial charge on any atom is 0.272 e. The van der Waals surface area contributed by atoms with Gasteiger partial charge in [0.05, 0.1) is 5.69 Å². The fraction of sp³-hybridized carbons (Fsp3) is 0.360. The minimum atomic E-state index is -0.218. The Morgan fingerprint density at radius 1 is 1.10 bits per heavy atom. The minimum Gasteiger partial charge on any atom is -0.371 e. The van der Waals surface area contributed by atoms with Gasteiger partial charge in [-0.1, -0.05) is 17.7 Å². The number of nitrogens with zero attached hydrogens (tertiary/aromatic N) is 3. The SMILES string of the molecule is Cc1ccc(-n2nc(C(=O)NCC3CCN(c4ccc(F)cc4)C3)c3c2CCC3)cc1.